The number of anilines is 3. The summed E-state index contributed by atoms with van der Waals surface area (Å²) in [7, 11) is 0. The highest BCUT2D eigenvalue weighted by molar-refractivity contribution is 6.18. The lowest BCUT2D eigenvalue weighted by molar-refractivity contribution is 1.20. The van der Waals surface area contributed by atoms with Crippen molar-refractivity contribution in [2.75, 3.05) is 4.90 Å². The molecule has 0 atom stereocenters. The van der Waals surface area contributed by atoms with Crippen molar-refractivity contribution >= 4 is 82.0 Å². The minimum absolute atomic E-state index is 1.09. The van der Waals surface area contributed by atoms with Crippen molar-refractivity contribution in [3.63, 3.8) is 0 Å². The molecule has 0 aliphatic heterocycles. The predicted molar refractivity (Wildman–Crippen MR) is 282 cm³/mol. The van der Waals surface area contributed by atoms with Gasteiger partial charge in [-0.2, -0.15) is 0 Å². The molecule has 0 saturated carbocycles. The Morgan fingerprint density at radius 3 is 1.70 bits per heavy atom. The fourth-order valence-electron chi connectivity index (χ4n) is 10.5. The van der Waals surface area contributed by atoms with Crippen LogP contribution in [0.3, 0.4) is 0 Å². The van der Waals surface area contributed by atoms with Gasteiger partial charge < -0.3 is 9.47 Å². The van der Waals surface area contributed by atoms with Crippen LogP contribution in [0.4, 0.5) is 17.1 Å². The van der Waals surface area contributed by atoms with Gasteiger partial charge in [0.05, 0.1) is 22.4 Å². The van der Waals surface area contributed by atoms with Gasteiger partial charge in [0, 0.05) is 33.1 Å². The van der Waals surface area contributed by atoms with E-state index in [4.69, 9.17) is 0 Å². The Hall–Kier alpha value is -8.72. The van der Waals surface area contributed by atoms with E-state index >= 15 is 0 Å². The molecule has 0 unspecified atom stereocenters. The normalized spacial score (nSPS) is 11.6. The first-order valence-corrected chi connectivity index (χ1v) is 22.8. The maximum absolute atomic E-state index is 2.48. The lowest BCUT2D eigenvalue weighted by Crippen LogP contribution is -2.11. The molecule has 0 fully saturated rings. The molecular weight excluding hydrogens is 797 g/mol. The number of para-hydroxylation sites is 2. The quantitative estimate of drug-likeness (QED) is 0.145. The molecule has 0 saturated heterocycles. The van der Waals surface area contributed by atoms with E-state index in [0.717, 1.165) is 22.6 Å². The number of fused-ring (bicyclic) bond motifs is 9. The molecule has 13 rings (SSSR count). The van der Waals surface area contributed by atoms with Gasteiger partial charge in [0.1, 0.15) is 0 Å². The largest absolute Gasteiger partial charge is 0.310 e. The molecule has 308 valence electrons. The second-order valence-corrected chi connectivity index (χ2v) is 17.3. The first-order valence-electron chi connectivity index (χ1n) is 22.8. The summed E-state index contributed by atoms with van der Waals surface area (Å²) < 4.78 is 2.48. The van der Waals surface area contributed by atoms with Gasteiger partial charge in [-0.05, 0) is 120 Å². The minimum atomic E-state index is 1.09. The molecule has 12 aromatic carbocycles. The van der Waals surface area contributed by atoms with Crippen LogP contribution in [0.2, 0.25) is 0 Å². The lowest BCUT2D eigenvalue weighted by atomic mass is 9.96. The Kier molecular flexibility index (Phi) is 8.89. The van der Waals surface area contributed by atoms with Crippen LogP contribution in [0.1, 0.15) is 0 Å². The third kappa shape index (κ3) is 6.18. The lowest BCUT2D eigenvalue weighted by Gasteiger charge is -2.28. The van der Waals surface area contributed by atoms with E-state index in [-0.39, 0.29) is 0 Å². The van der Waals surface area contributed by atoms with Gasteiger partial charge in [-0.25, -0.2) is 0 Å². The van der Waals surface area contributed by atoms with Gasteiger partial charge in [-0.3, -0.25) is 0 Å². The third-order valence-corrected chi connectivity index (χ3v) is 13.5. The fraction of sp³-hybridized carbons (Fsp3) is 0. The number of nitrogens with zero attached hydrogens (tertiary/aromatic N) is 2. The van der Waals surface area contributed by atoms with E-state index < -0.39 is 0 Å². The molecule has 1 aromatic heterocycles. The topological polar surface area (TPSA) is 8.17 Å². The smallest absolute Gasteiger partial charge is 0.0547 e. The third-order valence-electron chi connectivity index (χ3n) is 13.5. The van der Waals surface area contributed by atoms with Crippen molar-refractivity contribution in [1.29, 1.82) is 0 Å². The van der Waals surface area contributed by atoms with Gasteiger partial charge in [0.25, 0.3) is 0 Å². The van der Waals surface area contributed by atoms with Crippen molar-refractivity contribution in [3.05, 3.63) is 255 Å². The summed E-state index contributed by atoms with van der Waals surface area (Å²) >= 11 is 0. The first-order chi connectivity index (χ1) is 32.7. The monoisotopic (exact) mass is 838 g/mol. The fourth-order valence-corrected chi connectivity index (χ4v) is 10.5. The van der Waals surface area contributed by atoms with E-state index in [9.17, 15) is 0 Å². The zero-order valence-electron chi connectivity index (χ0n) is 36.1. The number of hydrogen-bond acceptors (Lipinski definition) is 1. The van der Waals surface area contributed by atoms with Crippen LogP contribution in [-0.2, 0) is 0 Å². The zero-order chi connectivity index (χ0) is 43.6. The van der Waals surface area contributed by atoms with Crippen LogP contribution in [0.5, 0.6) is 0 Å². The number of rotatable bonds is 7. The second kappa shape index (κ2) is 15.5. The predicted octanol–water partition coefficient (Wildman–Crippen LogP) is 17.9. The molecule has 0 N–H and O–H groups in total. The standard InChI is InChI=1S/C64H42N2/c1-2-16-44(17-3-1)55-24-10-12-29-60(55)65(50-37-34-43(35-38-50)46-36-39-54-49(40-46)33-32-45-18-4-6-22-52(45)54)51-21-14-20-47(41-51)56-28-15-31-62-64(56)59-27-11-13-30-61(59)66(62)63-42-48-19-5-7-23-53(48)57-25-8-9-26-58(57)63/h1-42H. The molecule has 0 aliphatic carbocycles. The van der Waals surface area contributed by atoms with Gasteiger partial charge in [0.15, 0.2) is 0 Å². The van der Waals surface area contributed by atoms with Gasteiger partial charge in [-0.15, -0.1) is 0 Å². The molecular formula is C64H42N2. The molecule has 0 aliphatic rings. The molecule has 2 nitrogen and oxygen atoms in total. The Morgan fingerprint density at radius 1 is 0.273 bits per heavy atom. The zero-order valence-corrected chi connectivity index (χ0v) is 36.1. The summed E-state index contributed by atoms with van der Waals surface area (Å²) in [6.07, 6.45) is 0. The van der Waals surface area contributed by atoms with Crippen molar-refractivity contribution in [2.24, 2.45) is 0 Å². The highest BCUT2D eigenvalue weighted by Crippen LogP contribution is 2.45. The van der Waals surface area contributed by atoms with Gasteiger partial charge in [0.2, 0.25) is 0 Å². The summed E-state index contributed by atoms with van der Waals surface area (Å²) in [4.78, 5) is 2.42. The van der Waals surface area contributed by atoms with Gasteiger partial charge >= 0.3 is 0 Å². The van der Waals surface area contributed by atoms with Crippen molar-refractivity contribution in [2.45, 2.75) is 0 Å². The van der Waals surface area contributed by atoms with Crippen LogP contribution in [0.25, 0.3) is 104 Å². The Bertz CT molecular complexity index is 3990. The Morgan fingerprint density at radius 2 is 0.848 bits per heavy atom. The summed E-state index contributed by atoms with van der Waals surface area (Å²) in [5.74, 6) is 0. The van der Waals surface area contributed by atoms with Crippen LogP contribution < -0.4 is 4.90 Å². The van der Waals surface area contributed by atoms with Crippen molar-refractivity contribution < 1.29 is 0 Å². The van der Waals surface area contributed by atoms with Crippen LogP contribution in [0, 0.1) is 0 Å². The summed E-state index contributed by atoms with van der Waals surface area (Å²) in [5, 5.41) is 12.5. The average Bonchev–Trinajstić information content (AvgIpc) is 3.73. The van der Waals surface area contributed by atoms with E-state index in [0.29, 0.717) is 0 Å². The molecule has 0 radical (unpaired) electrons. The summed E-state index contributed by atoms with van der Waals surface area (Å²) in [5.41, 5.74) is 13.9. The van der Waals surface area contributed by atoms with Crippen LogP contribution in [-0.4, -0.2) is 4.57 Å². The summed E-state index contributed by atoms with van der Waals surface area (Å²) in [6, 6.07) is 93.3. The average molecular weight is 839 g/mol. The molecule has 0 bridgehead atoms. The molecule has 66 heavy (non-hydrogen) atoms. The molecule has 0 amide bonds. The van der Waals surface area contributed by atoms with Crippen LogP contribution in [0.15, 0.2) is 255 Å². The van der Waals surface area contributed by atoms with Gasteiger partial charge in [-0.1, -0.05) is 200 Å². The Balaban J connectivity index is 0.975. The highest BCUT2D eigenvalue weighted by atomic mass is 15.1. The van der Waals surface area contributed by atoms with E-state index in [2.05, 4.69) is 264 Å². The number of aromatic nitrogens is 1. The SMILES string of the molecule is c1ccc(-c2ccccc2N(c2ccc(-c3ccc4c(ccc5ccccc54)c3)cc2)c2cccc(-c3cccc4c3c3ccccc3n4-c3cc4ccccc4c4ccccc34)c2)cc1. The Labute approximate surface area is 383 Å². The minimum Gasteiger partial charge on any atom is -0.310 e. The van der Waals surface area contributed by atoms with E-state index in [1.165, 1.54) is 98.4 Å². The first kappa shape index (κ1) is 37.8. The molecule has 1 heterocycles. The van der Waals surface area contributed by atoms with E-state index in [1.54, 1.807) is 0 Å². The van der Waals surface area contributed by atoms with Crippen molar-refractivity contribution in [1.82, 2.24) is 4.57 Å². The van der Waals surface area contributed by atoms with Crippen LogP contribution >= 0.6 is 0 Å². The maximum atomic E-state index is 2.48. The highest BCUT2D eigenvalue weighted by Gasteiger charge is 2.21. The number of hydrogen-bond donors (Lipinski definition) is 0. The second-order valence-electron chi connectivity index (χ2n) is 17.3. The molecule has 2 heteroatoms. The molecule has 13 aromatic rings. The van der Waals surface area contributed by atoms with E-state index in [1.807, 2.05) is 0 Å². The maximum Gasteiger partial charge on any atom is 0.0547 e. The summed E-state index contributed by atoms with van der Waals surface area (Å²) in [6.45, 7) is 0. The van der Waals surface area contributed by atoms with Crippen molar-refractivity contribution in [3.8, 4) is 39.1 Å². The number of benzene rings is 12. The molecule has 0 spiro atoms.